The molecular formula is C17H13FN6S. The van der Waals surface area contributed by atoms with E-state index in [9.17, 15) is 4.39 Å². The van der Waals surface area contributed by atoms with Crippen LogP contribution in [0.2, 0.25) is 0 Å². The minimum atomic E-state index is -0.268. The average molecular weight is 352 g/mol. The van der Waals surface area contributed by atoms with E-state index in [1.807, 2.05) is 13.0 Å². The van der Waals surface area contributed by atoms with Crippen molar-refractivity contribution in [1.29, 1.82) is 0 Å². The monoisotopic (exact) mass is 352 g/mol. The van der Waals surface area contributed by atoms with Gasteiger partial charge in [0.15, 0.2) is 5.65 Å². The number of pyridine rings is 1. The Kier molecular flexibility index (Phi) is 4.02. The van der Waals surface area contributed by atoms with E-state index in [-0.39, 0.29) is 5.82 Å². The average Bonchev–Trinajstić information content (AvgIpc) is 3.05. The molecule has 0 bridgehead atoms. The summed E-state index contributed by atoms with van der Waals surface area (Å²) in [5, 5.41) is 14.0. The SMILES string of the molecule is Cc1nnc(CNc2ncnc3ncc(-c4ccc(F)cc4)cc23)s1. The number of nitrogens with zero attached hydrogens (tertiary/aromatic N) is 5. The number of rotatable bonds is 4. The molecule has 124 valence electrons. The Morgan fingerprint density at radius 2 is 1.88 bits per heavy atom. The van der Waals surface area contributed by atoms with Crippen molar-refractivity contribution in [2.75, 3.05) is 5.32 Å². The van der Waals surface area contributed by atoms with Gasteiger partial charge in [0.2, 0.25) is 0 Å². The number of hydrogen-bond donors (Lipinski definition) is 1. The highest BCUT2D eigenvalue weighted by molar-refractivity contribution is 7.11. The van der Waals surface area contributed by atoms with Gasteiger partial charge in [-0.05, 0) is 30.7 Å². The lowest BCUT2D eigenvalue weighted by atomic mass is 10.1. The quantitative estimate of drug-likeness (QED) is 0.605. The Morgan fingerprint density at radius 3 is 2.64 bits per heavy atom. The van der Waals surface area contributed by atoms with Crippen LogP contribution in [0.5, 0.6) is 0 Å². The van der Waals surface area contributed by atoms with E-state index in [2.05, 4.69) is 30.5 Å². The number of nitrogens with one attached hydrogen (secondary N) is 1. The van der Waals surface area contributed by atoms with Gasteiger partial charge in [0.1, 0.15) is 28.0 Å². The Labute approximate surface area is 146 Å². The third kappa shape index (κ3) is 3.29. The van der Waals surface area contributed by atoms with Crippen molar-refractivity contribution in [3.8, 4) is 11.1 Å². The van der Waals surface area contributed by atoms with Crippen LogP contribution in [0.3, 0.4) is 0 Å². The summed E-state index contributed by atoms with van der Waals surface area (Å²) in [6.45, 7) is 2.44. The van der Waals surface area contributed by atoms with Crippen LogP contribution in [0.25, 0.3) is 22.2 Å². The van der Waals surface area contributed by atoms with Gasteiger partial charge in [-0.2, -0.15) is 0 Å². The van der Waals surface area contributed by atoms with E-state index in [1.165, 1.54) is 29.8 Å². The third-order valence-electron chi connectivity index (χ3n) is 3.64. The Balaban J connectivity index is 1.69. The molecule has 1 N–H and O–H groups in total. The zero-order chi connectivity index (χ0) is 17.2. The lowest BCUT2D eigenvalue weighted by Gasteiger charge is -2.08. The van der Waals surface area contributed by atoms with Gasteiger partial charge in [0.25, 0.3) is 0 Å². The Bertz CT molecular complexity index is 1030. The summed E-state index contributed by atoms with van der Waals surface area (Å²) in [5.41, 5.74) is 2.35. The predicted molar refractivity (Wildman–Crippen MR) is 94.7 cm³/mol. The van der Waals surface area contributed by atoms with Crippen LogP contribution in [-0.2, 0) is 6.54 Å². The molecule has 4 aromatic rings. The molecule has 0 saturated carbocycles. The highest BCUT2D eigenvalue weighted by Crippen LogP contribution is 2.25. The fourth-order valence-corrected chi connectivity index (χ4v) is 3.10. The Morgan fingerprint density at radius 1 is 1.04 bits per heavy atom. The first-order valence-electron chi connectivity index (χ1n) is 7.58. The zero-order valence-electron chi connectivity index (χ0n) is 13.3. The molecule has 0 aliphatic rings. The van der Waals surface area contributed by atoms with Crippen molar-refractivity contribution in [2.45, 2.75) is 13.5 Å². The number of aryl methyl sites for hydroxylation is 1. The normalized spacial score (nSPS) is 11.0. The van der Waals surface area contributed by atoms with Crippen molar-refractivity contribution in [2.24, 2.45) is 0 Å². The van der Waals surface area contributed by atoms with Gasteiger partial charge in [-0.15, -0.1) is 10.2 Å². The van der Waals surface area contributed by atoms with Gasteiger partial charge < -0.3 is 5.32 Å². The molecule has 8 heteroatoms. The highest BCUT2D eigenvalue weighted by atomic mass is 32.1. The summed E-state index contributed by atoms with van der Waals surface area (Å²) in [6, 6.07) is 8.25. The van der Waals surface area contributed by atoms with Crippen LogP contribution in [0.4, 0.5) is 10.2 Å². The molecule has 3 heterocycles. The zero-order valence-corrected chi connectivity index (χ0v) is 14.1. The molecule has 3 aromatic heterocycles. The largest absolute Gasteiger partial charge is 0.363 e. The van der Waals surface area contributed by atoms with Gasteiger partial charge in [0, 0.05) is 11.8 Å². The van der Waals surface area contributed by atoms with Gasteiger partial charge in [-0.3, -0.25) is 0 Å². The summed E-state index contributed by atoms with van der Waals surface area (Å²) in [7, 11) is 0. The van der Waals surface area contributed by atoms with Crippen molar-refractivity contribution in [1.82, 2.24) is 25.1 Å². The highest BCUT2D eigenvalue weighted by Gasteiger charge is 2.09. The molecule has 0 saturated heterocycles. The molecule has 0 radical (unpaired) electrons. The van der Waals surface area contributed by atoms with Crippen molar-refractivity contribution >= 4 is 28.2 Å². The summed E-state index contributed by atoms with van der Waals surface area (Å²) in [5.74, 6) is 0.407. The van der Waals surface area contributed by atoms with Gasteiger partial charge >= 0.3 is 0 Å². The molecule has 0 aliphatic heterocycles. The molecule has 6 nitrogen and oxygen atoms in total. The third-order valence-corrected chi connectivity index (χ3v) is 4.48. The number of hydrogen-bond acceptors (Lipinski definition) is 7. The fraction of sp³-hybridized carbons (Fsp3) is 0.118. The number of aromatic nitrogens is 5. The maximum Gasteiger partial charge on any atom is 0.164 e. The second kappa shape index (κ2) is 6.48. The fourth-order valence-electron chi connectivity index (χ4n) is 2.45. The van der Waals surface area contributed by atoms with Gasteiger partial charge in [-0.1, -0.05) is 23.5 Å². The second-order valence-corrected chi connectivity index (χ2v) is 6.66. The van der Waals surface area contributed by atoms with E-state index < -0.39 is 0 Å². The number of halogens is 1. The Hall–Kier alpha value is -3.00. The maximum absolute atomic E-state index is 13.1. The number of anilines is 1. The van der Waals surface area contributed by atoms with E-state index in [0.29, 0.717) is 18.0 Å². The molecule has 0 amide bonds. The standard InChI is InChI=1S/C17H13FN6S/c1-10-23-24-15(25-10)8-20-17-14-6-12(7-19-16(14)21-9-22-17)11-2-4-13(18)5-3-11/h2-7,9H,8H2,1H3,(H,19,20,21,22). The molecule has 4 rings (SSSR count). The molecule has 0 aliphatic carbocycles. The minimum Gasteiger partial charge on any atom is -0.363 e. The van der Waals surface area contributed by atoms with Crippen LogP contribution >= 0.6 is 11.3 Å². The molecule has 0 spiro atoms. The van der Waals surface area contributed by atoms with E-state index in [0.717, 1.165) is 26.5 Å². The number of fused-ring (bicyclic) bond motifs is 1. The molecule has 0 fully saturated rings. The first kappa shape index (κ1) is 15.5. The molecule has 25 heavy (non-hydrogen) atoms. The van der Waals surface area contributed by atoms with Crippen LogP contribution in [0.15, 0.2) is 42.9 Å². The predicted octanol–water partition coefficient (Wildman–Crippen LogP) is 3.60. The lowest BCUT2D eigenvalue weighted by molar-refractivity contribution is 0.628. The molecule has 1 aromatic carbocycles. The second-order valence-electron chi connectivity index (χ2n) is 5.39. The van der Waals surface area contributed by atoms with Crippen LogP contribution in [0, 0.1) is 12.7 Å². The van der Waals surface area contributed by atoms with E-state index >= 15 is 0 Å². The maximum atomic E-state index is 13.1. The van der Waals surface area contributed by atoms with Gasteiger partial charge in [0.05, 0.1) is 11.9 Å². The van der Waals surface area contributed by atoms with Crippen molar-refractivity contribution in [3.63, 3.8) is 0 Å². The van der Waals surface area contributed by atoms with Crippen molar-refractivity contribution in [3.05, 3.63) is 58.7 Å². The topological polar surface area (TPSA) is 76.5 Å². The smallest absolute Gasteiger partial charge is 0.164 e. The van der Waals surface area contributed by atoms with E-state index in [4.69, 9.17) is 0 Å². The number of benzene rings is 1. The van der Waals surface area contributed by atoms with Gasteiger partial charge in [-0.25, -0.2) is 19.3 Å². The molecule has 0 atom stereocenters. The van der Waals surface area contributed by atoms with Crippen LogP contribution in [-0.4, -0.2) is 25.1 Å². The first-order chi connectivity index (χ1) is 12.2. The summed E-state index contributed by atoms with van der Waals surface area (Å²) < 4.78 is 13.1. The first-order valence-corrected chi connectivity index (χ1v) is 8.40. The lowest BCUT2D eigenvalue weighted by Crippen LogP contribution is -2.03. The summed E-state index contributed by atoms with van der Waals surface area (Å²) in [6.07, 6.45) is 3.20. The summed E-state index contributed by atoms with van der Waals surface area (Å²) in [4.78, 5) is 12.9. The minimum absolute atomic E-state index is 0.268. The summed E-state index contributed by atoms with van der Waals surface area (Å²) >= 11 is 1.53. The van der Waals surface area contributed by atoms with Crippen molar-refractivity contribution < 1.29 is 4.39 Å². The van der Waals surface area contributed by atoms with Crippen LogP contribution < -0.4 is 5.32 Å². The van der Waals surface area contributed by atoms with Crippen LogP contribution in [0.1, 0.15) is 10.0 Å². The molecular weight excluding hydrogens is 339 g/mol. The van der Waals surface area contributed by atoms with E-state index in [1.54, 1.807) is 18.3 Å². The molecule has 0 unspecified atom stereocenters.